The third-order valence-corrected chi connectivity index (χ3v) is 7.36. The summed E-state index contributed by atoms with van der Waals surface area (Å²) in [6.07, 6.45) is 0.450. The Hall–Kier alpha value is -4.07. The summed E-state index contributed by atoms with van der Waals surface area (Å²) >= 11 is 0. The molecule has 4 aromatic carbocycles. The van der Waals surface area contributed by atoms with Gasteiger partial charge in [0, 0.05) is 30.4 Å². The summed E-state index contributed by atoms with van der Waals surface area (Å²) < 4.78 is 18.2. The van der Waals surface area contributed by atoms with Crippen LogP contribution >= 0.6 is 0 Å². The SMILES string of the molecule is C[C@@H]1CN(CCOc2ccc(NC(=O)Nc3cc(C(C)(C)C)ccc3Oc3ccccc3)c3ccccc23)C[C@@H](C)O1. The largest absolute Gasteiger partial charge is 0.492 e. The molecular weight excluding hydrogens is 526 g/mol. The highest BCUT2D eigenvalue weighted by atomic mass is 16.5. The van der Waals surface area contributed by atoms with Crippen molar-refractivity contribution in [2.24, 2.45) is 0 Å². The van der Waals surface area contributed by atoms with Crippen LogP contribution in [-0.4, -0.2) is 49.4 Å². The maximum atomic E-state index is 13.4. The molecule has 1 saturated heterocycles. The van der Waals surface area contributed by atoms with Crippen molar-refractivity contribution in [1.82, 2.24) is 4.90 Å². The van der Waals surface area contributed by atoms with Crippen molar-refractivity contribution in [1.29, 1.82) is 0 Å². The number of urea groups is 1. The van der Waals surface area contributed by atoms with Gasteiger partial charge in [0.05, 0.1) is 23.6 Å². The van der Waals surface area contributed by atoms with Gasteiger partial charge >= 0.3 is 6.03 Å². The van der Waals surface area contributed by atoms with Gasteiger partial charge in [-0.2, -0.15) is 0 Å². The second-order valence-electron chi connectivity index (χ2n) is 12.0. The van der Waals surface area contributed by atoms with Crippen molar-refractivity contribution in [2.75, 3.05) is 36.9 Å². The van der Waals surface area contributed by atoms with Crippen molar-refractivity contribution in [2.45, 2.75) is 52.2 Å². The van der Waals surface area contributed by atoms with Gasteiger partial charge in [0.15, 0.2) is 5.75 Å². The third-order valence-electron chi connectivity index (χ3n) is 7.36. The van der Waals surface area contributed by atoms with Gasteiger partial charge in [0.1, 0.15) is 18.1 Å². The van der Waals surface area contributed by atoms with E-state index in [-0.39, 0.29) is 23.7 Å². The lowest BCUT2D eigenvalue weighted by Crippen LogP contribution is -2.46. The number of fused-ring (bicyclic) bond motifs is 1. The first kappa shape index (κ1) is 29.4. The second-order valence-corrected chi connectivity index (χ2v) is 12.0. The summed E-state index contributed by atoms with van der Waals surface area (Å²) in [5.41, 5.74) is 2.29. The van der Waals surface area contributed by atoms with Gasteiger partial charge in [-0.25, -0.2) is 4.79 Å². The van der Waals surface area contributed by atoms with Gasteiger partial charge in [-0.3, -0.25) is 4.90 Å². The van der Waals surface area contributed by atoms with Crippen molar-refractivity contribution >= 4 is 28.2 Å². The fourth-order valence-electron chi connectivity index (χ4n) is 5.33. The number of nitrogens with one attached hydrogen (secondary N) is 2. The number of morpholine rings is 1. The van der Waals surface area contributed by atoms with Crippen molar-refractivity contribution in [3.05, 3.63) is 90.5 Å². The van der Waals surface area contributed by atoms with Crippen LogP contribution in [-0.2, 0) is 10.2 Å². The first-order valence-corrected chi connectivity index (χ1v) is 14.6. The van der Waals surface area contributed by atoms with Gasteiger partial charge in [0.25, 0.3) is 0 Å². The van der Waals surface area contributed by atoms with Gasteiger partial charge < -0.3 is 24.8 Å². The number of nitrogens with zero attached hydrogens (tertiary/aromatic N) is 1. The number of carbonyl (C=O) groups is 1. The molecule has 2 amide bonds. The van der Waals surface area contributed by atoms with E-state index in [1.807, 2.05) is 84.9 Å². The highest BCUT2D eigenvalue weighted by Gasteiger charge is 2.22. The Labute approximate surface area is 248 Å². The Balaban J connectivity index is 1.31. The number of ether oxygens (including phenoxy) is 3. The summed E-state index contributed by atoms with van der Waals surface area (Å²) in [6, 6.07) is 26.9. The van der Waals surface area contributed by atoms with Crippen molar-refractivity contribution < 1.29 is 19.0 Å². The van der Waals surface area contributed by atoms with E-state index < -0.39 is 0 Å². The highest BCUT2D eigenvalue weighted by molar-refractivity contribution is 6.08. The second kappa shape index (κ2) is 12.8. The van der Waals surface area contributed by atoms with Gasteiger partial charge in [-0.15, -0.1) is 0 Å². The van der Waals surface area contributed by atoms with Crippen LogP contribution in [0.25, 0.3) is 10.8 Å². The lowest BCUT2D eigenvalue weighted by atomic mass is 9.87. The first-order valence-electron chi connectivity index (χ1n) is 14.6. The summed E-state index contributed by atoms with van der Waals surface area (Å²) in [5, 5.41) is 7.92. The normalized spacial score (nSPS) is 17.5. The molecule has 0 aromatic heterocycles. The van der Waals surface area contributed by atoms with Crippen LogP contribution in [0.15, 0.2) is 84.9 Å². The summed E-state index contributed by atoms with van der Waals surface area (Å²) in [6.45, 7) is 13.9. The standard InChI is InChI=1S/C35H41N3O4/c1-24-22-38(23-25(2)41-24)19-20-40-32-18-16-30(28-13-9-10-14-29(28)32)36-34(39)37-31-21-26(35(3,4)5)15-17-33(31)42-27-11-7-6-8-12-27/h6-18,21,24-25H,19-20,22-23H2,1-5H3,(H2,36,37,39)/t24-,25-/m1/s1. The summed E-state index contributed by atoms with van der Waals surface area (Å²) in [4.78, 5) is 15.7. The lowest BCUT2D eigenvalue weighted by molar-refractivity contribution is -0.0699. The predicted octanol–water partition coefficient (Wildman–Crippen LogP) is 8.06. The number of hydrogen-bond donors (Lipinski definition) is 2. The van der Waals surface area contributed by atoms with E-state index in [9.17, 15) is 4.79 Å². The molecule has 2 N–H and O–H groups in total. The summed E-state index contributed by atoms with van der Waals surface area (Å²) in [5.74, 6) is 2.06. The molecule has 0 bridgehead atoms. The predicted molar refractivity (Wildman–Crippen MR) is 170 cm³/mol. The number of anilines is 2. The quantitative estimate of drug-likeness (QED) is 0.225. The Bertz CT molecular complexity index is 1510. The Kier molecular flexibility index (Phi) is 9.00. The van der Waals surface area contributed by atoms with E-state index in [4.69, 9.17) is 14.2 Å². The number of rotatable bonds is 8. The van der Waals surface area contributed by atoms with E-state index >= 15 is 0 Å². The molecule has 1 fully saturated rings. The fraction of sp³-hybridized carbons (Fsp3) is 0.343. The van der Waals surface area contributed by atoms with Gasteiger partial charge in [-0.05, 0) is 61.2 Å². The zero-order valence-corrected chi connectivity index (χ0v) is 25.1. The smallest absolute Gasteiger partial charge is 0.323 e. The molecule has 0 saturated carbocycles. The van der Waals surface area contributed by atoms with Crippen LogP contribution in [0.2, 0.25) is 0 Å². The molecule has 1 aliphatic rings. The van der Waals surface area contributed by atoms with Crippen molar-refractivity contribution in [3.8, 4) is 17.2 Å². The third kappa shape index (κ3) is 7.41. The monoisotopic (exact) mass is 567 g/mol. The molecule has 0 spiro atoms. The molecule has 1 aliphatic heterocycles. The highest BCUT2D eigenvalue weighted by Crippen LogP contribution is 2.35. The molecule has 0 radical (unpaired) electrons. The van der Waals surface area contributed by atoms with Gasteiger partial charge in [-0.1, -0.05) is 69.3 Å². The molecular formula is C35H41N3O4. The number of carbonyl (C=O) groups excluding carboxylic acids is 1. The van der Waals surface area contributed by atoms with E-state index in [2.05, 4.69) is 50.2 Å². The Morgan fingerprint density at radius 1 is 0.833 bits per heavy atom. The van der Waals surface area contributed by atoms with Crippen LogP contribution in [0.4, 0.5) is 16.2 Å². The molecule has 7 heteroatoms. The van der Waals surface area contributed by atoms with Crippen LogP contribution in [0.3, 0.4) is 0 Å². The molecule has 5 rings (SSSR count). The maximum absolute atomic E-state index is 13.4. The molecule has 0 aliphatic carbocycles. The molecule has 4 aromatic rings. The average Bonchev–Trinajstić information content (AvgIpc) is 2.94. The van der Waals surface area contributed by atoms with E-state index in [1.165, 1.54) is 0 Å². The topological polar surface area (TPSA) is 72.1 Å². The average molecular weight is 568 g/mol. The molecule has 7 nitrogen and oxygen atoms in total. The van der Waals surface area contributed by atoms with Crippen LogP contribution < -0.4 is 20.1 Å². The number of amides is 2. The first-order chi connectivity index (χ1) is 20.2. The zero-order valence-electron chi connectivity index (χ0n) is 25.1. The molecule has 0 unspecified atom stereocenters. The maximum Gasteiger partial charge on any atom is 0.323 e. The molecule has 1 heterocycles. The van der Waals surface area contributed by atoms with E-state index in [0.29, 0.717) is 29.5 Å². The molecule has 220 valence electrons. The number of benzene rings is 4. The minimum atomic E-state index is -0.353. The number of hydrogen-bond acceptors (Lipinski definition) is 5. The van der Waals surface area contributed by atoms with E-state index in [0.717, 1.165) is 41.7 Å². The Morgan fingerprint density at radius 2 is 1.48 bits per heavy atom. The fourth-order valence-corrected chi connectivity index (χ4v) is 5.33. The van der Waals surface area contributed by atoms with Crippen LogP contribution in [0.5, 0.6) is 17.2 Å². The van der Waals surface area contributed by atoms with E-state index in [1.54, 1.807) is 0 Å². The van der Waals surface area contributed by atoms with Crippen molar-refractivity contribution in [3.63, 3.8) is 0 Å². The Morgan fingerprint density at radius 3 is 2.19 bits per heavy atom. The summed E-state index contributed by atoms with van der Waals surface area (Å²) in [7, 11) is 0. The molecule has 2 atom stereocenters. The van der Waals surface area contributed by atoms with Crippen LogP contribution in [0.1, 0.15) is 40.2 Å². The lowest BCUT2D eigenvalue weighted by Gasteiger charge is -2.35. The molecule has 42 heavy (non-hydrogen) atoms. The van der Waals surface area contributed by atoms with Crippen LogP contribution in [0, 0.1) is 0 Å². The van der Waals surface area contributed by atoms with Gasteiger partial charge in [0.2, 0.25) is 0 Å². The minimum Gasteiger partial charge on any atom is -0.492 e. The number of para-hydroxylation sites is 1. The zero-order chi connectivity index (χ0) is 29.7. The minimum absolute atomic E-state index is 0.0948.